The van der Waals surface area contributed by atoms with E-state index < -0.39 is 0 Å². The molecule has 0 bridgehead atoms. The predicted molar refractivity (Wildman–Crippen MR) is 97.8 cm³/mol. The molecule has 25 heavy (non-hydrogen) atoms. The van der Waals surface area contributed by atoms with Gasteiger partial charge in [-0.25, -0.2) is 4.98 Å². The molecule has 3 rings (SSSR count). The zero-order valence-corrected chi connectivity index (χ0v) is 14.2. The molecule has 0 atom stereocenters. The highest BCUT2D eigenvalue weighted by Crippen LogP contribution is 2.20. The summed E-state index contributed by atoms with van der Waals surface area (Å²) in [6, 6.07) is 14.4. The van der Waals surface area contributed by atoms with E-state index in [2.05, 4.69) is 22.5 Å². The number of hydrogen-bond acceptors (Lipinski definition) is 3. The van der Waals surface area contributed by atoms with Crippen LogP contribution in [0.25, 0.3) is 11.0 Å². The van der Waals surface area contributed by atoms with Gasteiger partial charge >= 0.3 is 0 Å². The van der Waals surface area contributed by atoms with Crippen LogP contribution in [0.15, 0.2) is 48.5 Å². The molecule has 2 amide bonds. The molecular formula is C19H20N4O2. The molecule has 3 aromatic rings. The quantitative estimate of drug-likeness (QED) is 0.752. The number of amides is 2. The molecule has 2 N–H and O–H groups in total. The molecule has 0 unspecified atom stereocenters. The van der Waals surface area contributed by atoms with Crippen LogP contribution in [0.4, 0.5) is 5.95 Å². The summed E-state index contributed by atoms with van der Waals surface area (Å²) in [4.78, 5) is 28.9. The van der Waals surface area contributed by atoms with Gasteiger partial charge in [0.15, 0.2) is 0 Å². The second-order valence-electron chi connectivity index (χ2n) is 5.69. The number of imidazole rings is 1. The van der Waals surface area contributed by atoms with Gasteiger partial charge in [0, 0.05) is 24.7 Å². The fraction of sp³-hybridized carbons (Fsp3) is 0.211. The second-order valence-corrected chi connectivity index (χ2v) is 5.69. The average molecular weight is 336 g/mol. The lowest BCUT2D eigenvalue weighted by Gasteiger charge is -2.09. The van der Waals surface area contributed by atoms with Gasteiger partial charge < -0.3 is 9.88 Å². The average Bonchev–Trinajstić information content (AvgIpc) is 2.99. The summed E-state index contributed by atoms with van der Waals surface area (Å²) in [7, 11) is 1.56. The minimum absolute atomic E-state index is 0.229. The van der Waals surface area contributed by atoms with E-state index >= 15 is 0 Å². The molecule has 0 saturated carbocycles. The first-order valence-corrected chi connectivity index (χ1v) is 8.22. The molecule has 1 heterocycles. The summed E-state index contributed by atoms with van der Waals surface area (Å²) in [5.41, 5.74) is 2.68. The molecule has 128 valence electrons. The number of rotatable bonds is 5. The summed E-state index contributed by atoms with van der Waals surface area (Å²) in [5.74, 6) is -0.00956. The van der Waals surface area contributed by atoms with Crippen LogP contribution in [-0.2, 0) is 6.54 Å². The third-order valence-electron chi connectivity index (χ3n) is 3.94. The van der Waals surface area contributed by atoms with Crippen molar-refractivity contribution < 1.29 is 9.59 Å². The number of carbonyl (C=O) groups excluding carboxylic acids is 2. The van der Waals surface area contributed by atoms with Crippen LogP contribution in [0.3, 0.4) is 0 Å². The Morgan fingerprint density at radius 3 is 2.48 bits per heavy atom. The highest BCUT2D eigenvalue weighted by molar-refractivity contribution is 6.06. The third kappa shape index (κ3) is 3.38. The standard InChI is InChI=1S/C19H20N4O2/c1-3-11-23-16-10-5-4-9-15(16)21-19(23)22-18(25)14-8-6-7-13(12-14)17(24)20-2/h4-10,12H,3,11H2,1-2H3,(H,20,24)(H,21,22,25). The van der Waals surface area contributed by atoms with E-state index in [1.54, 1.807) is 31.3 Å². The SMILES string of the molecule is CCCn1c(NC(=O)c2cccc(C(=O)NC)c2)nc2ccccc21. The molecule has 0 spiro atoms. The normalized spacial score (nSPS) is 10.6. The third-order valence-corrected chi connectivity index (χ3v) is 3.94. The van der Waals surface area contributed by atoms with Crippen molar-refractivity contribution in [3.8, 4) is 0 Å². The van der Waals surface area contributed by atoms with E-state index in [4.69, 9.17) is 0 Å². The van der Waals surface area contributed by atoms with Crippen molar-refractivity contribution in [2.45, 2.75) is 19.9 Å². The minimum atomic E-state index is -0.293. The highest BCUT2D eigenvalue weighted by Gasteiger charge is 2.15. The monoisotopic (exact) mass is 336 g/mol. The maximum atomic E-state index is 12.6. The fourth-order valence-corrected chi connectivity index (χ4v) is 2.74. The minimum Gasteiger partial charge on any atom is -0.355 e. The van der Waals surface area contributed by atoms with Crippen molar-refractivity contribution in [3.63, 3.8) is 0 Å². The van der Waals surface area contributed by atoms with Crippen LogP contribution in [0.1, 0.15) is 34.1 Å². The molecule has 0 aliphatic rings. The van der Waals surface area contributed by atoms with Crippen molar-refractivity contribution in [1.29, 1.82) is 0 Å². The first kappa shape index (κ1) is 16.7. The summed E-state index contributed by atoms with van der Waals surface area (Å²) in [5, 5.41) is 5.42. The number of para-hydroxylation sites is 2. The number of anilines is 1. The number of carbonyl (C=O) groups is 2. The molecular weight excluding hydrogens is 316 g/mol. The van der Waals surface area contributed by atoms with Crippen LogP contribution < -0.4 is 10.6 Å². The molecule has 0 saturated heterocycles. The maximum absolute atomic E-state index is 12.6. The van der Waals surface area contributed by atoms with Crippen molar-refractivity contribution in [2.24, 2.45) is 0 Å². The first-order valence-electron chi connectivity index (χ1n) is 8.22. The zero-order valence-electron chi connectivity index (χ0n) is 14.2. The lowest BCUT2D eigenvalue weighted by molar-refractivity contribution is 0.0963. The van der Waals surface area contributed by atoms with E-state index in [-0.39, 0.29) is 11.8 Å². The van der Waals surface area contributed by atoms with Gasteiger partial charge in [0.1, 0.15) is 0 Å². The largest absolute Gasteiger partial charge is 0.355 e. The lowest BCUT2D eigenvalue weighted by Crippen LogP contribution is -2.20. The summed E-state index contributed by atoms with van der Waals surface area (Å²) in [6.45, 7) is 2.83. The van der Waals surface area contributed by atoms with Crippen molar-refractivity contribution in [1.82, 2.24) is 14.9 Å². The van der Waals surface area contributed by atoms with Gasteiger partial charge in [0.2, 0.25) is 5.95 Å². The Hall–Kier alpha value is -3.15. The molecule has 6 nitrogen and oxygen atoms in total. The summed E-state index contributed by atoms with van der Waals surface area (Å²) >= 11 is 0. The second kappa shape index (κ2) is 7.17. The Morgan fingerprint density at radius 2 is 1.76 bits per heavy atom. The Morgan fingerprint density at radius 1 is 1.04 bits per heavy atom. The maximum Gasteiger partial charge on any atom is 0.257 e. The number of hydrogen-bond donors (Lipinski definition) is 2. The Bertz CT molecular complexity index is 930. The number of benzene rings is 2. The number of aryl methyl sites for hydroxylation is 1. The summed E-state index contributed by atoms with van der Waals surface area (Å²) in [6.07, 6.45) is 0.926. The van der Waals surface area contributed by atoms with E-state index in [9.17, 15) is 9.59 Å². The molecule has 0 fully saturated rings. The van der Waals surface area contributed by atoms with Gasteiger partial charge in [-0.15, -0.1) is 0 Å². The topological polar surface area (TPSA) is 76.0 Å². The smallest absolute Gasteiger partial charge is 0.257 e. The van der Waals surface area contributed by atoms with Crippen LogP contribution >= 0.6 is 0 Å². The fourth-order valence-electron chi connectivity index (χ4n) is 2.74. The van der Waals surface area contributed by atoms with Gasteiger partial charge in [-0.05, 0) is 36.8 Å². The van der Waals surface area contributed by atoms with E-state index in [1.165, 1.54) is 0 Å². The van der Waals surface area contributed by atoms with Crippen LogP contribution in [0.5, 0.6) is 0 Å². The van der Waals surface area contributed by atoms with Crippen molar-refractivity contribution >= 4 is 28.8 Å². The van der Waals surface area contributed by atoms with Gasteiger partial charge in [-0.2, -0.15) is 0 Å². The Balaban J connectivity index is 1.92. The van der Waals surface area contributed by atoms with Crippen LogP contribution in [0.2, 0.25) is 0 Å². The molecule has 1 aromatic heterocycles. The molecule has 2 aromatic carbocycles. The van der Waals surface area contributed by atoms with Gasteiger partial charge in [-0.3, -0.25) is 14.9 Å². The van der Waals surface area contributed by atoms with Gasteiger partial charge in [0.25, 0.3) is 11.8 Å². The highest BCUT2D eigenvalue weighted by atomic mass is 16.2. The molecule has 0 aliphatic carbocycles. The van der Waals surface area contributed by atoms with E-state index in [1.807, 2.05) is 28.8 Å². The predicted octanol–water partition coefficient (Wildman–Crippen LogP) is 3.06. The molecule has 6 heteroatoms. The number of aromatic nitrogens is 2. The number of fused-ring (bicyclic) bond motifs is 1. The Labute approximate surface area is 145 Å². The zero-order chi connectivity index (χ0) is 17.8. The van der Waals surface area contributed by atoms with Gasteiger partial charge in [-0.1, -0.05) is 25.1 Å². The Kier molecular flexibility index (Phi) is 4.79. The molecule has 0 aliphatic heterocycles. The van der Waals surface area contributed by atoms with Crippen LogP contribution in [-0.4, -0.2) is 28.4 Å². The number of nitrogens with one attached hydrogen (secondary N) is 2. The van der Waals surface area contributed by atoms with E-state index in [0.717, 1.165) is 24.0 Å². The van der Waals surface area contributed by atoms with Crippen molar-refractivity contribution in [3.05, 3.63) is 59.7 Å². The van der Waals surface area contributed by atoms with Crippen LogP contribution in [0, 0.1) is 0 Å². The number of nitrogens with zero attached hydrogens (tertiary/aromatic N) is 2. The first-order chi connectivity index (χ1) is 12.1. The molecule has 0 radical (unpaired) electrons. The lowest BCUT2D eigenvalue weighted by atomic mass is 10.1. The van der Waals surface area contributed by atoms with E-state index in [0.29, 0.717) is 17.1 Å². The van der Waals surface area contributed by atoms with Gasteiger partial charge in [0.05, 0.1) is 11.0 Å². The van der Waals surface area contributed by atoms with Crippen molar-refractivity contribution in [2.75, 3.05) is 12.4 Å². The summed E-state index contributed by atoms with van der Waals surface area (Å²) < 4.78 is 2.00.